The number of thiazole rings is 1. The highest BCUT2D eigenvalue weighted by atomic mass is 32.1. The van der Waals surface area contributed by atoms with Gasteiger partial charge in [0.1, 0.15) is 16.2 Å². The van der Waals surface area contributed by atoms with E-state index >= 15 is 0 Å². The Bertz CT molecular complexity index is 1010. The molecule has 2 aromatic heterocycles. The van der Waals surface area contributed by atoms with Gasteiger partial charge in [0, 0.05) is 37.7 Å². The zero-order valence-corrected chi connectivity index (χ0v) is 20.1. The van der Waals surface area contributed by atoms with E-state index in [0.717, 1.165) is 47.9 Å². The van der Waals surface area contributed by atoms with Crippen molar-refractivity contribution >= 4 is 33.6 Å². The predicted octanol–water partition coefficient (Wildman–Crippen LogP) is 3.36. The number of fused-ring (bicyclic) bond motifs is 1. The van der Waals surface area contributed by atoms with E-state index in [2.05, 4.69) is 28.7 Å². The molecule has 0 spiro atoms. The Kier molecular flexibility index (Phi) is 8.14. The number of aliphatic carboxylic acids is 2. The molecule has 4 rings (SSSR count). The monoisotopic (exact) mass is 476 g/mol. The molecule has 180 valence electrons. The Morgan fingerprint density at radius 1 is 1.09 bits per heavy atom. The van der Waals surface area contributed by atoms with Gasteiger partial charge < -0.3 is 15.3 Å². The third kappa shape index (κ3) is 7.28. The Balaban J connectivity index is 0.000000331. The largest absolute Gasteiger partial charge is 0.478 e. The van der Waals surface area contributed by atoms with Crippen LogP contribution in [0.15, 0.2) is 12.2 Å². The fourth-order valence-corrected chi connectivity index (χ4v) is 5.43. The van der Waals surface area contributed by atoms with Crippen LogP contribution in [0.4, 0.5) is 0 Å². The maximum Gasteiger partial charge on any atom is 0.328 e. The van der Waals surface area contributed by atoms with E-state index in [4.69, 9.17) is 15.2 Å². The van der Waals surface area contributed by atoms with Crippen molar-refractivity contribution in [1.29, 1.82) is 0 Å². The molecule has 1 aliphatic carbocycles. The van der Waals surface area contributed by atoms with Crippen LogP contribution in [0.5, 0.6) is 0 Å². The molecule has 10 heteroatoms. The molecule has 2 aliphatic rings. The Morgan fingerprint density at radius 2 is 1.73 bits per heavy atom. The fourth-order valence-electron chi connectivity index (χ4n) is 4.25. The quantitative estimate of drug-likeness (QED) is 0.555. The lowest BCUT2D eigenvalue weighted by molar-refractivity contribution is -0.134. The average Bonchev–Trinajstić information content (AvgIpc) is 3.33. The molecule has 0 unspecified atom stereocenters. The molecule has 0 radical (unpaired) electrons. The van der Waals surface area contributed by atoms with Crippen molar-refractivity contribution in [3.8, 4) is 0 Å². The summed E-state index contributed by atoms with van der Waals surface area (Å²) < 4.78 is 0. The maximum atomic E-state index is 9.77. The zero-order valence-electron chi connectivity index (χ0n) is 19.3. The fraction of sp³-hybridized carbons (Fsp3) is 0.609. The van der Waals surface area contributed by atoms with Crippen molar-refractivity contribution in [2.75, 3.05) is 13.1 Å². The van der Waals surface area contributed by atoms with Gasteiger partial charge in [-0.1, -0.05) is 25.2 Å². The second-order valence-electron chi connectivity index (χ2n) is 9.55. The number of aliphatic hydroxyl groups is 1. The van der Waals surface area contributed by atoms with Gasteiger partial charge in [-0.3, -0.25) is 4.90 Å². The third-order valence-corrected chi connectivity index (χ3v) is 7.25. The van der Waals surface area contributed by atoms with E-state index in [1.165, 1.54) is 30.7 Å². The molecule has 1 saturated heterocycles. The number of carboxylic acid groups (broad SMARTS) is 2. The summed E-state index contributed by atoms with van der Waals surface area (Å²) in [5, 5.41) is 26.6. The SMILES string of the molecule is Cc1nc(CN2CC[C@H](O)C2)c2nc(C3CCC(C)(C)CC3)sc2n1.O=C(O)/C=C/C(=O)O. The Hall–Kier alpha value is -2.43. The van der Waals surface area contributed by atoms with Crippen LogP contribution in [0.25, 0.3) is 10.3 Å². The lowest BCUT2D eigenvalue weighted by Crippen LogP contribution is -2.22. The number of aliphatic hydroxyl groups excluding tert-OH is 1. The van der Waals surface area contributed by atoms with Crippen LogP contribution in [-0.2, 0) is 16.1 Å². The molecule has 1 aliphatic heterocycles. The van der Waals surface area contributed by atoms with Crippen molar-refractivity contribution in [3.05, 3.63) is 28.7 Å². The van der Waals surface area contributed by atoms with Gasteiger partial charge in [-0.25, -0.2) is 24.5 Å². The number of carboxylic acids is 2. The molecule has 3 heterocycles. The number of β-amino-alcohol motifs (C(OH)–C–C–N with tert-alkyl or cyclic N) is 1. The summed E-state index contributed by atoms with van der Waals surface area (Å²) >= 11 is 1.76. The molecular weight excluding hydrogens is 444 g/mol. The molecule has 9 nitrogen and oxygen atoms in total. The van der Waals surface area contributed by atoms with Crippen LogP contribution >= 0.6 is 11.3 Å². The van der Waals surface area contributed by atoms with Gasteiger partial charge in [0.2, 0.25) is 0 Å². The first-order chi connectivity index (χ1) is 15.5. The summed E-state index contributed by atoms with van der Waals surface area (Å²) in [6.45, 7) is 9.14. The minimum absolute atomic E-state index is 0.199. The van der Waals surface area contributed by atoms with E-state index in [0.29, 0.717) is 23.5 Å². The van der Waals surface area contributed by atoms with Crippen LogP contribution in [0.2, 0.25) is 0 Å². The standard InChI is InChI=1S/C19H28N4OS.C4H4O4/c1-12-20-15(11-23-9-6-14(24)10-23)16-18(21-12)25-17(22-16)13-4-7-19(2,3)8-5-13;5-3(6)1-2-4(7)8/h13-14,24H,4-11H2,1-3H3;1-2H,(H,5,6)(H,7,8)/b;2-1+/t14-;/m0./s1. The summed E-state index contributed by atoms with van der Waals surface area (Å²) in [4.78, 5) is 36.7. The van der Waals surface area contributed by atoms with E-state index in [1.54, 1.807) is 11.3 Å². The lowest BCUT2D eigenvalue weighted by atomic mass is 9.73. The molecule has 2 fully saturated rings. The number of nitrogens with zero attached hydrogens (tertiary/aromatic N) is 4. The predicted molar refractivity (Wildman–Crippen MR) is 125 cm³/mol. The number of aromatic nitrogens is 3. The molecule has 0 aromatic carbocycles. The summed E-state index contributed by atoms with van der Waals surface area (Å²) in [5.74, 6) is -1.11. The van der Waals surface area contributed by atoms with Crippen molar-refractivity contribution in [2.45, 2.75) is 71.4 Å². The topological polar surface area (TPSA) is 137 Å². The highest BCUT2D eigenvalue weighted by Crippen LogP contribution is 2.44. The summed E-state index contributed by atoms with van der Waals surface area (Å²) in [5.41, 5.74) is 2.48. The lowest BCUT2D eigenvalue weighted by Gasteiger charge is -2.33. The normalized spacial score (nSPS) is 21.3. The van der Waals surface area contributed by atoms with Crippen LogP contribution in [0.1, 0.15) is 68.4 Å². The summed E-state index contributed by atoms with van der Waals surface area (Å²) in [6.07, 6.45) is 6.78. The second kappa shape index (κ2) is 10.7. The Morgan fingerprint density at radius 3 is 2.27 bits per heavy atom. The van der Waals surface area contributed by atoms with Crippen LogP contribution in [0.3, 0.4) is 0 Å². The number of hydrogen-bond acceptors (Lipinski definition) is 8. The van der Waals surface area contributed by atoms with Gasteiger partial charge in [-0.05, 0) is 44.4 Å². The number of carbonyl (C=O) groups is 2. The van der Waals surface area contributed by atoms with Gasteiger partial charge in [-0.2, -0.15) is 0 Å². The van der Waals surface area contributed by atoms with Gasteiger partial charge in [0.05, 0.1) is 16.8 Å². The number of hydrogen-bond donors (Lipinski definition) is 3. The molecule has 0 amide bonds. The van der Waals surface area contributed by atoms with E-state index in [-0.39, 0.29) is 6.10 Å². The minimum Gasteiger partial charge on any atom is -0.478 e. The number of rotatable bonds is 5. The van der Waals surface area contributed by atoms with Gasteiger partial charge >= 0.3 is 11.9 Å². The summed E-state index contributed by atoms with van der Waals surface area (Å²) in [7, 11) is 0. The maximum absolute atomic E-state index is 9.77. The van der Waals surface area contributed by atoms with Gasteiger partial charge in [0.25, 0.3) is 0 Å². The molecule has 2 aromatic rings. The van der Waals surface area contributed by atoms with Crippen molar-refractivity contribution in [3.63, 3.8) is 0 Å². The number of aryl methyl sites for hydroxylation is 1. The Labute approximate surface area is 197 Å². The zero-order chi connectivity index (χ0) is 24.2. The molecule has 33 heavy (non-hydrogen) atoms. The van der Waals surface area contributed by atoms with E-state index in [1.807, 2.05) is 6.92 Å². The van der Waals surface area contributed by atoms with Crippen LogP contribution in [-0.4, -0.2) is 66.3 Å². The highest BCUT2D eigenvalue weighted by Gasteiger charge is 2.30. The van der Waals surface area contributed by atoms with Crippen LogP contribution < -0.4 is 0 Å². The van der Waals surface area contributed by atoms with Crippen molar-refractivity contribution in [1.82, 2.24) is 19.9 Å². The molecule has 1 atom stereocenters. The van der Waals surface area contributed by atoms with Crippen molar-refractivity contribution in [2.24, 2.45) is 5.41 Å². The molecule has 0 bridgehead atoms. The van der Waals surface area contributed by atoms with Gasteiger partial charge in [-0.15, -0.1) is 0 Å². The summed E-state index contributed by atoms with van der Waals surface area (Å²) in [6, 6.07) is 0. The van der Waals surface area contributed by atoms with Gasteiger partial charge in [0.15, 0.2) is 0 Å². The molecular formula is C23H32N4O5S. The van der Waals surface area contributed by atoms with Crippen molar-refractivity contribution < 1.29 is 24.9 Å². The smallest absolute Gasteiger partial charge is 0.328 e. The first-order valence-corrected chi connectivity index (χ1v) is 12.0. The molecule has 1 saturated carbocycles. The van der Waals surface area contributed by atoms with E-state index in [9.17, 15) is 14.7 Å². The second-order valence-corrected chi connectivity index (χ2v) is 10.6. The third-order valence-electron chi connectivity index (χ3n) is 6.14. The average molecular weight is 477 g/mol. The highest BCUT2D eigenvalue weighted by molar-refractivity contribution is 7.18. The first kappa shape index (κ1) is 25.2. The first-order valence-electron chi connectivity index (χ1n) is 11.2. The van der Waals surface area contributed by atoms with Crippen LogP contribution in [0, 0.1) is 12.3 Å². The number of likely N-dealkylation sites (tertiary alicyclic amines) is 1. The van der Waals surface area contributed by atoms with E-state index < -0.39 is 11.9 Å². The molecule has 3 N–H and O–H groups in total. The minimum atomic E-state index is -1.26.